The number of halogens is 1. The molecular formula is C23H21ClN4O3. The van der Waals surface area contributed by atoms with Crippen LogP contribution >= 0.6 is 11.6 Å². The molecule has 0 bridgehead atoms. The number of carbonyl (C=O) groups excluding carboxylic acids is 3. The van der Waals surface area contributed by atoms with E-state index in [0.717, 1.165) is 35.9 Å². The molecule has 4 N–H and O–H groups in total. The van der Waals surface area contributed by atoms with Gasteiger partial charge in [0.05, 0.1) is 23.7 Å². The van der Waals surface area contributed by atoms with Crippen molar-refractivity contribution >= 4 is 45.9 Å². The van der Waals surface area contributed by atoms with Gasteiger partial charge in [-0.2, -0.15) is 0 Å². The Morgan fingerprint density at radius 3 is 2.87 bits per heavy atom. The maximum atomic E-state index is 12.8. The van der Waals surface area contributed by atoms with Crippen molar-refractivity contribution in [2.75, 3.05) is 5.32 Å². The van der Waals surface area contributed by atoms with E-state index < -0.39 is 11.9 Å². The number of amides is 3. The number of hydrogen-bond acceptors (Lipinski definition) is 3. The number of aromatic nitrogens is 1. The molecule has 31 heavy (non-hydrogen) atoms. The van der Waals surface area contributed by atoms with Crippen LogP contribution in [0.1, 0.15) is 46.9 Å². The zero-order valence-electron chi connectivity index (χ0n) is 16.6. The summed E-state index contributed by atoms with van der Waals surface area (Å²) in [7, 11) is 0. The summed E-state index contributed by atoms with van der Waals surface area (Å²) >= 11 is 6.16. The first-order valence-electron chi connectivity index (χ1n) is 10.3. The third-order valence-corrected chi connectivity index (χ3v) is 6.18. The largest absolute Gasteiger partial charge is 0.356 e. The molecule has 2 aliphatic rings. The Morgan fingerprint density at radius 2 is 2.00 bits per heavy atom. The number of benzene rings is 2. The van der Waals surface area contributed by atoms with Crippen LogP contribution in [0.3, 0.4) is 0 Å². The highest BCUT2D eigenvalue weighted by atomic mass is 35.5. The third kappa shape index (κ3) is 3.65. The summed E-state index contributed by atoms with van der Waals surface area (Å²) in [5.74, 6) is -1.07. The fourth-order valence-corrected chi connectivity index (χ4v) is 4.65. The zero-order valence-corrected chi connectivity index (χ0v) is 17.4. The van der Waals surface area contributed by atoms with Crippen LogP contribution in [0, 0.1) is 0 Å². The molecule has 1 aliphatic heterocycles. The van der Waals surface area contributed by atoms with E-state index in [-0.39, 0.29) is 24.3 Å². The number of H-pyrrole nitrogens is 1. The van der Waals surface area contributed by atoms with Crippen molar-refractivity contribution in [1.82, 2.24) is 15.6 Å². The van der Waals surface area contributed by atoms with Crippen LogP contribution < -0.4 is 16.0 Å². The summed E-state index contributed by atoms with van der Waals surface area (Å²) in [6, 6.07) is 11.4. The van der Waals surface area contributed by atoms with E-state index in [1.54, 1.807) is 24.3 Å². The Balaban J connectivity index is 1.32. The normalized spacial score (nSPS) is 20.3. The highest BCUT2D eigenvalue weighted by Crippen LogP contribution is 2.35. The number of aryl methyl sites for hydroxylation is 1. The Hall–Kier alpha value is -3.32. The Morgan fingerprint density at radius 1 is 1.16 bits per heavy atom. The number of anilines is 1. The number of aromatic amines is 1. The Labute approximate surface area is 183 Å². The Bertz CT molecular complexity index is 1220. The quantitative estimate of drug-likeness (QED) is 0.505. The maximum absolute atomic E-state index is 12.8. The monoisotopic (exact) mass is 436 g/mol. The molecule has 7 nitrogen and oxygen atoms in total. The van der Waals surface area contributed by atoms with Crippen molar-refractivity contribution in [3.8, 4) is 0 Å². The average Bonchev–Trinajstić information content (AvgIpc) is 3.07. The predicted molar refractivity (Wildman–Crippen MR) is 118 cm³/mol. The lowest BCUT2D eigenvalue weighted by atomic mass is 9.91. The summed E-state index contributed by atoms with van der Waals surface area (Å²) in [5, 5.41) is 10.2. The summed E-state index contributed by atoms with van der Waals surface area (Å²) in [6.45, 7) is 0. The SMILES string of the molecule is O=C(C[C@@H]1NC(=O)c2ccccc2NC1=O)N[C@@H]1CCCc2c1[nH]c1ccc(Cl)cc21. The van der Waals surface area contributed by atoms with Gasteiger partial charge >= 0.3 is 0 Å². The maximum Gasteiger partial charge on any atom is 0.254 e. The number of nitrogens with one attached hydrogen (secondary N) is 4. The van der Waals surface area contributed by atoms with E-state index in [1.807, 2.05) is 18.2 Å². The van der Waals surface area contributed by atoms with Crippen LogP contribution in [0.15, 0.2) is 42.5 Å². The van der Waals surface area contributed by atoms with Crippen molar-refractivity contribution in [3.05, 3.63) is 64.3 Å². The van der Waals surface area contributed by atoms with Gasteiger partial charge < -0.3 is 20.9 Å². The van der Waals surface area contributed by atoms with E-state index in [0.29, 0.717) is 16.3 Å². The van der Waals surface area contributed by atoms with Gasteiger partial charge in [-0.25, -0.2) is 0 Å². The minimum Gasteiger partial charge on any atom is -0.356 e. The van der Waals surface area contributed by atoms with Gasteiger partial charge in [0.1, 0.15) is 6.04 Å². The molecule has 0 saturated carbocycles. The molecule has 3 aromatic rings. The summed E-state index contributed by atoms with van der Waals surface area (Å²) in [4.78, 5) is 41.3. The van der Waals surface area contributed by atoms with E-state index >= 15 is 0 Å². The topological polar surface area (TPSA) is 103 Å². The van der Waals surface area contributed by atoms with Gasteiger partial charge in [0.25, 0.3) is 5.91 Å². The summed E-state index contributed by atoms with van der Waals surface area (Å²) in [5.41, 5.74) is 3.97. The van der Waals surface area contributed by atoms with Crippen molar-refractivity contribution in [1.29, 1.82) is 0 Å². The van der Waals surface area contributed by atoms with Crippen molar-refractivity contribution in [2.24, 2.45) is 0 Å². The minimum atomic E-state index is -0.940. The molecule has 0 unspecified atom stereocenters. The van der Waals surface area contributed by atoms with Crippen LogP contribution in [0.4, 0.5) is 5.69 Å². The molecule has 0 saturated heterocycles. The van der Waals surface area contributed by atoms with Gasteiger partial charge in [0, 0.05) is 21.6 Å². The van der Waals surface area contributed by atoms with Crippen LogP contribution in [-0.2, 0) is 16.0 Å². The molecule has 8 heteroatoms. The standard InChI is InChI=1S/C23H21ClN4O3/c24-12-8-9-17-15(10-12)13-5-3-7-18(21(13)26-17)25-20(29)11-19-23(31)27-16-6-2-1-4-14(16)22(30)28-19/h1-2,4,6,8-10,18-19,26H,3,5,7,11H2,(H,25,29)(H,27,31)(H,28,30)/t18-,19+/m1/s1. The van der Waals surface area contributed by atoms with E-state index in [1.165, 1.54) is 5.56 Å². The molecule has 2 aromatic carbocycles. The number of rotatable bonds is 3. The van der Waals surface area contributed by atoms with E-state index in [9.17, 15) is 14.4 Å². The molecule has 1 aromatic heterocycles. The van der Waals surface area contributed by atoms with Gasteiger partial charge in [0.2, 0.25) is 11.8 Å². The molecule has 1 aliphatic carbocycles. The number of para-hydroxylation sites is 1. The third-order valence-electron chi connectivity index (χ3n) is 5.95. The molecule has 0 fully saturated rings. The molecule has 0 spiro atoms. The first kappa shape index (κ1) is 19.6. The molecule has 0 radical (unpaired) electrons. The van der Waals surface area contributed by atoms with Crippen LogP contribution in [0.2, 0.25) is 5.02 Å². The fraction of sp³-hybridized carbons (Fsp3) is 0.261. The van der Waals surface area contributed by atoms with Gasteiger partial charge in [0.15, 0.2) is 0 Å². The second-order valence-corrected chi connectivity index (χ2v) is 8.42. The van der Waals surface area contributed by atoms with Gasteiger partial charge in [-0.3, -0.25) is 14.4 Å². The minimum absolute atomic E-state index is 0.135. The van der Waals surface area contributed by atoms with Crippen molar-refractivity contribution in [2.45, 2.75) is 37.8 Å². The Kier molecular flexibility index (Phi) is 4.90. The van der Waals surface area contributed by atoms with Gasteiger partial charge in [-0.05, 0) is 55.2 Å². The number of hydrogen-bond donors (Lipinski definition) is 4. The van der Waals surface area contributed by atoms with Crippen molar-refractivity contribution in [3.63, 3.8) is 0 Å². The van der Waals surface area contributed by atoms with Gasteiger partial charge in [-0.15, -0.1) is 0 Å². The molecule has 5 rings (SSSR count). The smallest absolute Gasteiger partial charge is 0.254 e. The first-order valence-corrected chi connectivity index (χ1v) is 10.7. The summed E-state index contributed by atoms with van der Waals surface area (Å²) in [6.07, 6.45) is 2.52. The number of carbonyl (C=O) groups is 3. The van der Waals surface area contributed by atoms with E-state index in [4.69, 9.17) is 11.6 Å². The molecular weight excluding hydrogens is 416 g/mol. The molecule has 2 heterocycles. The second kappa shape index (κ2) is 7.74. The predicted octanol–water partition coefficient (Wildman–Crippen LogP) is 3.46. The fourth-order valence-electron chi connectivity index (χ4n) is 4.47. The van der Waals surface area contributed by atoms with Crippen molar-refractivity contribution < 1.29 is 14.4 Å². The van der Waals surface area contributed by atoms with Crippen LogP contribution in [0.5, 0.6) is 0 Å². The number of fused-ring (bicyclic) bond motifs is 4. The first-order chi connectivity index (χ1) is 15.0. The van der Waals surface area contributed by atoms with Crippen LogP contribution in [0.25, 0.3) is 10.9 Å². The van der Waals surface area contributed by atoms with E-state index in [2.05, 4.69) is 20.9 Å². The second-order valence-electron chi connectivity index (χ2n) is 7.98. The lowest BCUT2D eigenvalue weighted by Crippen LogP contribution is -2.45. The van der Waals surface area contributed by atoms with Crippen LogP contribution in [-0.4, -0.2) is 28.7 Å². The zero-order chi connectivity index (χ0) is 21.5. The molecule has 2 atom stereocenters. The lowest BCUT2D eigenvalue weighted by Gasteiger charge is -2.24. The highest BCUT2D eigenvalue weighted by Gasteiger charge is 2.31. The summed E-state index contributed by atoms with van der Waals surface area (Å²) < 4.78 is 0. The molecule has 3 amide bonds. The molecule has 158 valence electrons. The average molecular weight is 437 g/mol. The van der Waals surface area contributed by atoms with Gasteiger partial charge in [-0.1, -0.05) is 23.7 Å². The highest BCUT2D eigenvalue weighted by molar-refractivity contribution is 6.31. The lowest BCUT2D eigenvalue weighted by molar-refractivity contribution is -0.126.